The largest absolute Gasteiger partial charge is 0.455 e. The predicted molar refractivity (Wildman–Crippen MR) is 145 cm³/mol. The summed E-state index contributed by atoms with van der Waals surface area (Å²) in [6.45, 7) is 1.81. The zero-order valence-electron chi connectivity index (χ0n) is 22.9. The maximum atomic E-state index is 12.6. The number of ether oxygens (including phenoxy) is 2. The summed E-state index contributed by atoms with van der Waals surface area (Å²) in [5.74, 6) is -0.432. The maximum Gasteiger partial charge on any atom is 0.306 e. The van der Waals surface area contributed by atoms with Crippen molar-refractivity contribution >= 4 is 17.0 Å². The number of aromatic amines is 1. The monoisotopic (exact) mass is 534 g/mol. The highest BCUT2D eigenvalue weighted by Gasteiger charge is 2.48. The summed E-state index contributed by atoms with van der Waals surface area (Å²) in [7, 11) is 0. The predicted octanol–water partition coefficient (Wildman–Crippen LogP) is 4.54. The van der Waals surface area contributed by atoms with Gasteiger partial charge in [-0.05, 0) is 6.42 Å². The molecule has 0 aliphatic carbocycles. The maximum absolute atomic E-state index is 12.6. The van der Waals surface area contributed by atoms with Crippen molar-refractivity contribution in [3.8, 4) is 0 Å². The van der Waals surface area contributed by atoms with Crippen LogP contribution in [0.4, 0.5) is 0 Å². The summed E-state index contributed by atoms with van der Waals surface area (Å²) < 4.78 is 12.6. The van der Waals surface area contributed by atoms with Gasteiger partial charge in [0, 0.05) is 6.42 Å². The van der Waals surface area contributed by atoms with E-state index in [1.807, 2.05) is 0 Å². The van der Waals surface area contributed by atoms with Crippen LogP contribution in [0.2, 0.25) is 0 Å². The Morgan fingerprint density at radius 2 is 1.58 bits per heavy atom. The van der Waals surface area contributed by atoms with E-state index in [4.69, 9.17) is 9.47 Å². The summed E-state index contributed by atoms with van der Waals surface area (Å²) in [5.41, 5.74) is -0.117. The van der Waals surface area contributed by atoms with Crippen molar-refractivity contribution < 1.29 is 24.5 Å². The number of nitrogens with one attached hydrogen (secondary N) is 1. The van der Waals surface area contributed by atoms with Crippen LogP contribution < -0.4 is 5.56 Å². The van der Waals surface area contributed by atoms with Crippen molar-refractivity contribution in [2.75, 3.05) is 6.61 Å². The number of unbranched alkanes of at least 4 members (excludes halogenated alkanes) is 14. The molecule has 10 nitrogen and oxygen atoms in total. The van der Waals surface area contributed by atoms with Crippen molar-refractivity contribution in [3.63, 3.8) is 0 Å². The van der Waals surface area contributed by atoms with E-state index in [1.165, 1.54) is 94.3 Å². The number of nitrogens with zero attached hydrogens (tertiary/aromatic N) is 3. The zero-order valence-corrected chi connectivity index (χ0v) is 22.9. The number of carbonyl (C=O) groups is 1. The van der Waals surface area contributed by atoms with E-state index in [2.05, 4.69) is 22.0 Å². The Hall–Kier alpha value is -2.30. The van der Waals surface area contributed by atoms with E-state index < -0.39 is 37.1 Å². The van der Waals surface area contributed by atoms with Gasteiger partial charge in [0.1, 0.15) is 17.6 Å². The number of hydrogen-bond donors (Lipinski definition) is 3. The molecule has 3 rings (SSSR count). The second-order valence-electron chi connectivity index (χ2n) is 10.5. The van der Waals surface area contributed by atoms with E-state index in [-0.39, 0.29) is 23.0 Å². The average molecular weight is 535 g/mol. The summed E-state index contributed by atoms with van der Waals surface area (Å²) in [6, 6.07) is 0. The number of esters is 1. The first-order valence-corrected chi connectivity index (χ1v) is 14.6. The minimum Gasteiger partial charge on any atom is -0.455 e. The summed E-state index contributed by atoms with van der Waals surface area (Å²) in [6.07, 6.45) is 17.3. The van der Waals surface area contributed by atoms with Crippen molar-refractivity contribution in [3.05, 3.63) is 22.9 Å². The van der Waals surface area contributed by atoms with Gasteiger partial charge in [0.25, 0.3) is 5.56 Å². The molecule has 2 aromatic heterocycles. The van der Waals surface area contributed by atoms with Gasteiger partial charge in [-0.3, -0.25) is 9.59 Å². The normalized spacial score (nSPS) is 21.3. The van der Waals surface area contributed by atoms with Crippen LogP contribution in [0.5, 0.6) is 0 Å². The molecule has 1 aliphatic rings. The Morgan fingerprint density at radius 3 is 2.16 bits per heavy atom. The molecule has 1 saturated heterocycles. The van der Waals surface area contributed by atoms with Crippen LogP contribution in [0.25, 0.3) is 11.0 Å². The van der Waals surface area contributed by atoms with Crippen molar-refractivity contribution in [2.45, 2.75) is 134 Å². The van der Waals surface area contributed by atoms with E-state index in [9.17, 15) is 19.8 Å². The van der Waals surface area contributed by atoms with Crippen LogP contribution in [0.3, 0.4) is 0 Å². The highest BCUT2D eigenvalue weighted by Crippen LogP contribution is 2.33. The number of rotatable bonds is 19. The molecule has 214 valence electrons. The number of hydrogen-bond acceptors (Lipinski definition) is 8. The van der Waals surface area contributed by atoms with Crippen LogP contribution in [-0.2, 0) is 14.3 Å². The summed E-state index contributed by atoms with van der Waals surface area (Å²) in [5, 5.41) is 24.6. The first-order valence-electron chi connectivity index (χ1n) is 14.6. The highest BCUT2D eigenvalue weighted by molar-refractivity contribution is 5.73. The highest BCUT2D eigenvalue weighted by atomic mass is 16.6. The first-order chi connectivity index (χ1) is 18.6. The fourth-order valence-electron chi connectivity index (χ4n) is 5.11. The molecule has 3 heterocycles. The molecule has 10 heteroatoms. The molecule has 1 fully saturated rings. The lowest BCUT2D eigenvalue weighted by atomic mass is 10.0. The fraction of sp³-hybridized carbons (Fsp3) is 0.786. The molecule has 0 spiro atoms. The van der Waals surface area contributed by atoms with Gasteiger partial charge in [0.15, 0.2) is 18.0 Å². The minimum atomic E-state index is -1.23. The number of fused-ring (bicyclic) bond motifs is 1. The second kappa shape index (κ2) is 16.6. The summed E-state index contributed by atoms with van der Waals surface area (Å²) >= 11 is 0. The van der Waals surface area contributed by atoms with Gasteiger partial charge in [-0.2, -0.15) is 5.10 Å². The van der Waals surface area contributed by atoms with Gasteiger partial charge in [0.2, 0.25) is 0 Å². The SMILES string of the molecule is CCCCCCCCCCCCCCCCCC(=O)O[C@@H]1[C@H](O)[C@@H](CO)O[C@H]1n1ncc2c(=O)[nH]cnc21. The van der Waals surface area contributed by atoms with E-state index in [0.29, 0.717) is 0 Å². The molecule has 0 radical (unpaired) electrons. The smallest absolute Gasteiger partial charge is 0.306 e. The Balaban J connectivity index is 1.31. The molecule has 4 atom stereocenters. The average Bonchev–Trinajstić information content (AvgIpc) is 3.48. The molecule has 38 heavy (non-hydrogen) atoms. The summed E-state index contributed by atoms with van der Waals surface area (Å²) in [4.78, 5) is 31.2. The quantitative estimate of drug-likeness (QED) is 0.176. The second-order valence-corrected chi connectivity index (χ2v) is 10.5. The first kappa shape index (κ1) is 30.2. The van der Waals surface area contributed by atoms with Gasteiger partial charge in [0.05, 0.1) is 19.1 Å². The van der Waals surface area contributed by atoms with Crippen molar-refractivity contribution in [2.24, 2.45) is 0 Å². The van der Waals surface area contributed by atoms with Crippen molar-refractivity contribution in [1.82, 2.24) is 19.7 Å². The molecular formula is C28H46N4O6. The van der Waals surface area contributed by atoms with E-state index in [1.54, 1.807) is 0 Å². The third-order valence-corrected chi connectivity index (χ3v) is 7.38. The Bertz CT molecular complexity index is 1010. The lowest BCUT2D eigenvalue weighted by molar-refractivity contribution is -0.159. The molecule has 2 aromatic rings. The third kappa shape index (κ3) is 8.88. The topological polar surface area (TPSA) is 140 Å². The number of aliphatic hydroxyl groups is 2. The Kier molecular flexibility index (Phi) is 13.2. The van der Waals surface area contributed by atoms with E-state index in [0.717, 1.165) is 19.3 Å². The fourth-order valence-corrected chi connectivity index (χ4v) is 5.11. The standard InChI is InChI=1S/C28H46N4O6/c1-2-3-4-5-6-7-8-9-10-11-12-13-14-15-16-17-23(34)38-25-24(35)22(19-33)37-28(25)32-26-21(18-31-32)27(36)30-20-29-26/h18,20,22,24-25,28,33,35H,2-17,19H2,1H3,(H,29,30,36)/t22-,24-,25-,28-/m1/s1. The van der Waals surface area contributed by atoms with Gasteiger partial charge >= 0.3 is 5.97 Å². The number of aliphatic hydroxyl groups excluding tert-OH is 2. The number of H-pyrrole nitrogens is 1. The minimum absolute atomic E-state index is 0.244. The molecule has 0 unspecified atom stereocenters. The lowest BCUT2D eigenvalue weighted by Crippen LogP contribution is -2.37. The number of aromatic nitrogens is 4. The molecule has 3 N–H and O–H groups in total. The van der Waals surface area contributed by atoms with Gasteiger partial charge in [-0.15, -0.1) is 0 Å². The van der Waals surface area contributed by atoms with Gasteiger partial charge in [-0.1, -0.05) is 96.8 Å². The van der Waals surface area contributed by atoms with Crippen LogP contribution in [0, 0.1) is 0 Å². The molecule has 0 saturated carbocycles. The number of carbonyl (C=O) groups excluding carboxylic acids is 1. The zero-order chi connectivity index (χ0) is 27.2. The van der Waals surface area contributed by atoms with Crippen LogP contribution in [0.1, 0.15) is 116 Å². The molecule has 0 bridgehead atoms. The van der Waals surface area contributed by atoms with Crippen LogP contribution in [0.15, 0.2) is 17.3 Å². The molecule has 0 aromatic carbocycles. The van der Waals surface area contributed by atoms with Crippen LogP contribution in [-0.4, -0.2) is 60.8 Å². The van der Waals surface area contributed by atoms with Crippen LogP contribution >= 0.6 is 0 Å². The Morgan fingerprint density at radius 1 is 1.00 bits per heavy atom. The molecule has 0 amide bonds. The lowest BCUT2D eigenvalue weighted by Gasteiger charge is -2.21. The Labute approximate surface area is 225 Å². The molecule has 1 aliphatic heterocycles. The molecular weight excluding hydrogens is 488 g/mol. The van der Waals surface area contributed by atoms with E-state index >= 15 is 0 Å². The van der Waals surface area contributed by atoms with Crippen molar-refractivity contribution in [1.29, 1.82) is 0 Å². The van der Waals surface area contributed by atoms with Gasteiger partial charge < -0.3 is 24.7 Å². The third-order valence-electron chi connectivity index (χ3n) is 7.38. The van der Waals surface area contributed by atoms with Gasteiger partial charge in [-0.25, -0.2) is 9.67 Å².